The minimum Gasteiger partial charge on any atom is -0.417 e. The van der Waals surface area contributed by atoms with Gasteiger partial charge in [0.15, 0.2) is 25.0 Å². The Bertz CT molecular complexity index is 316. The molecule has 0 aromatic carbocycles. The highest BCUT2D eigenvalue weighted by Gasteiger charge is 2.51. The summed E-state index contributed by atoms with van der Waals surface area (Å²) in [6, 6.07) is -0.185. The van der Waals surface area contributed by atoms with Crippen molar-refractivity contribution in [2.24, 2.45) is 0 Å². The van der Waals surface area contributed by atoms with Crippen LogP contribution in [0.15, 0.2) is 0 Å². The van der Waals surface area contributed by atoms with Crippen molar-refractivity contribution in [1.29, 1.82) is 0 Å². The van der Waals surface area contributed by atoms with Crippen molar-refractivity contribution in [2.75, 3.05) is 0 Å². The summed E-state index contributed by atoms with van der Waals surface area (Å²) in [5.41, 5.74) is 0. The maximum atomic E-state index is 12.8. The zero-order chi connectivity index (χ0) is 18.0. The number of alkyl halides is 3. The largest absolute Gasteiger partial charge is 0.469 e. The van der Waals surface area contributed by atoms with Crippen molar-refractivity contribution in [1.82, 2.24) is 0 Å². The summed E-state index contributed by atoms with van der Waals surface area (Å²) >= 11 is 0. The lowest BCUT2D eigenvalue weighted by molar-refractivity contribution is -0.132. The predicted octanol–water partition coefficient (Wildman–Crippen LogP) is 5.43. The molecule has 0 spiro atoms. The van der Waals surface area contributed by atoms with E-state index in [1.165, 1.54) is 0 Å². The Hall–Kier alpha value is 0.538. The Morgan fingerprint density at radius 3 is 1.09 bits per heavy atom. The van der Waals surface area contributed by atoms with Crippen LogP contribution in [0.3, 0.4) is 0 Å². The molecule has 0 unspecified atom stereocenters. The Balaban J connectivity index is 5.58. The molecule has 3 nitrogen and oxygen atoms in total. The first kappa shape index (κ1) is 22.5. The van der Waals surface area contributed by atoms with E-state index >= 15 is 0 Å². The van der Waals surface area contributed by atoms with Crippen LogP contribution < -0.4 is 0 Å². The first-order chi connectivity index (χ1) is 9.33. The second-order valence-electron chi connectivity index (χ2n) is 8.44. The highest BCUT2D eigenvalue weighted by molar-refractivity contribution is 6.90. The summed E-state index contributed by atoms with van der Waals surface area (Å²) < 4.78 is 56.8. The van der Waals surface area contributed by atoms with Crippen molar-refractivity contribution in [2.45, 2.75) is 77.6 Å². The van der Waals surface area contributed by atoms with Gasteiger partial charge in [-0.3, -0.25) is 0 Å². The van der Waals surface area contributed by atoms with Crippen molar-refractivity contribution >= 4 is 33.8 Å². The van der Waals surface area contributed by atoms with Crippen LogP contribution in [0.5, 0.6) is 0 Å². The van der Waals surface area contributed by atoms with Gasteiger partial charge in [0.05, 0.1) is 0 Å². The molecule has 134 valence electrons. The van der Waals surface area contributed by atoms with Gasteiger partial charge in [-0.05, 0) is 58.9 Å². The van der Waals surface area contributed by atoms with Gasteiger partial charge in [-0.1, -0.05) is 0 Å². The quantitative estimate of drug-likeness (QED) is 0.515. The Morgan fingerprint density at radius 2 is 0.909 bits per heavy atom. The molecule has 0 aliphatic heterocycles. The molecular formula is C12H31F3O3Si4. The highest BCUT2D eigenvalue weighted by atomic mass is 28.5. The van der Waals surface area contributed by atoms with Gasteiger partial charge in [-0.2, -0.15) is 13.2 Å². The van der Waals surface area contributed by atoms with Gasteiger partial charge in [-0.25, -0.2) is 0 Å². The Kier molecular flexibility index (Phi) is 7.37. The molecule has 22 heavy (non-hydrogen) atoms. The summed E-state index contributed by atoms with van der Waals surface area (Å²) in [4.78, 5) is 0. The molecule has 10 heteroatoms. The normalized spacial score (nSPS) is 15.3. The van der Waals surface area contributed by atoms with Crippen LogP contribution in [0.4, 0.5) is 13.2 Å². The maximum absolute atomic E-state index is 12.8. The Morgan fingerprint density at radius 1 is 0.636 bits per heavy atom. The molecule has 0 fully saturated rings. The molecule has 0 heterocycles. The van der Waals surface area contributed by atoms with Gasteiger partial charge in [-0.15, -0.1) is 0 Å². The third-order valence-corrected chi connectivity index (χ3v) is 14.0. The fourth-order valence-corrected chi connectivity index (χ4v) is 16.5. The fraction of sp³-hybridized carbons (Fsp3) is 1.00. The molecular weight excluding hydrogens is 361 g/mol. The smallest absolute Gasteiger partial charge is 0.417 e. The first-order valence-electron chi connectivity index (χ1n) is 7.50. The van der Waals surface area contributed by atoms with E-state index in [0.29, 0.717) is 0 Å². The maximum Gasteiger partial charge on any atom is 0.469 e. The molecule has 0 aromatic rings. The van der Waals surface area contributed by atoms with Crippen molar-refractivity contribution in [3.63, 3.8) is 0 Å². The lowest BCUT2D eigenvalue weighted by Gasteiger charge is -2.43. The molecule has 0 N–H and O–H groups in total. The molecule has 0 amide bonds. The minimum absolute atomic E-state index is 0.185. The third-order valence-electron chi connectivity index (χ3n) is 2.10. The lowest BCUT2D eigenvalue weighted by Crippen LogP contribution is -2.60. The molecule has 0 rings (SSSR count). The second kappa shape index (κ2) is 7.19. The third kappa shape index (κ3) is 12.0. The average molecular weight is 393 g/mol. The molecule has 0 radical (unpaired) electrons. The summed E-state index contributed by atoms with van der Waals surface area (Å²) in [7, 11) is -9.65. The summed E-state index contributed by atoms with van der Waals surface area (Å²) in [5, 5.41) is 0. The molecule has 0 saturated heterocycles. The standard InChI is InChI=1S/C12H31F3O3Si4/c1-19(2,3)16-22(17-20(4,5)6,18-21(7,8)9)11-10-12(13,14)15/h10-11H2,1-9H3. The van der Waals surface area contributed by atoms with E-state index in [4.69, 9.17) is 12.3 Å². The van der Waals surface area contributed by atoms with Gasteiger partial charge in [0, 0.05) is 12.5 Å². The van der Waals surface area contributed by atoms with Gasteiger partial charge in [0.2, 0.25) is 0 Å². The highest BCUT2D eigenvalue weighted by Crippen LogP contribution is 2.33. The molecule has 0 saturated carbocycles. The monoisotopic (exact) mass is 392 g/mol. The predicted molar refractivity (Wildman–Crippen MR) is 94.5 cm³/mol. The number of rotatable bonds is 8. The van der Waals surface area contributed by atoms with E-state index in [1.54, 1.807) is 0 Å². The average Bonchev–Trinajstić information content (AvgIpc) is 2.04. The lowest BCUT2D eigenvalue weighted by atomic mass is 10.5. The van der Waals surface area contributed by atoms with Crippen LogP contribution in [-0.2, 0) is 12.3 Å². The van der Waals surface area contributed by atoms with Crippen molar-refractivity contribution < 1.29 is 25.5 Å². The van der Waals surface area contributed by atoms with E-state index in [-0.39, 0.29) is 6.04 Å². The molecule has 0 aliphatic rings. The first-order valence-corrected chi connectivity index (χ1v) is 19.7. The molecule has 0 atom stereocenters. The van der Waals surface area contributed by atoms with Gasteiger partial charge >= 0.3 is 15.0 Å². The number of halogens is 3. The van der Waals surface area contributed by atoms with E-state index in [9.17, 15) is 13.2 Å². The second-order valence-corrected chi connectivity index (χ2v) is 25.4. The van der Waals surface area contributed by atoms with E-state index in [1.807, 2.05) is 58.9 Å². The zero-order valence-corrected chi connectivity index (χ0v) is 19.3. The zero-order valence-electron chi connectivity index (χ0n) is 15.3. The fourth-order valence-electron chi connectivity index (χ4n) is 1.91. The Labute approximate surface area is 137 Å². The molecule has 0 bridgehead atoms. The minimum atomic E-state index is -4.23. The van der Waals surface area contributed by atoms with Crippen LogP contribution in [0.25, 0.3) is 0 Å². The summed E-state index contributed by atoms with van der Waals surface area (Å²) in [5.74, 6) is 0. The van der Waals surface area contributed by atoms with E-state index in [0.717, 1.165) is 0 Å². The topological polar surface area (TPSA) is 27.7 Å². The van der Waals surface area contributed by atoms with Crippen LogP contribution in [0, 0.1) is 0 Å². The van der Waals surface area contributed by atoms with E-state index in [2.05, 4.69) is 0 Å². The van der Waals surface area contributed by atoms with Gasteiger partial charge in [0.25, 0.3) is 0 Å². The van der Waals surface area contributed by atoms with Crippen LogP contribution >= 0.6 is 0 Å². The number of hydrogen-bond donors (Lipinski definition) is 0. The van der Waals surface area contributed by atoms with Crippen LogP contribution in [0.2, 0.25) is 65.0 Å². The van der Waals surface area contributed by atoms with Crippen molar-refractivity contribution in [3.05, 3.63) is 0 Å². The summed E-state index contributed by atoms with van der Waals surface area (Å²) in [6.07, 6.45) is -5.15. The van der Waals surface area contributed by atoms with E-state index < -0.39 is 46.4 Å². The summed E-state index contributed by atoms with van der Waals surface area (Å²) in [6.45, 7) is 17.7. The number of hydrogen-bond acceptors (Lipinski definition) is 3. The van der Waals surface area contributed by atoms with Crippen LogP contribution in [0.1, 0.15) is 6.42 Å². The molecule has 0 aromatic heterocycles. The van der Waals surface area contributed by atoms with Gasteiger partial charge in [0.1, 0.15) is 0 Å². The van der Waals surface area contributed by atoms with Crippen LogP contribution in [-0.4, -0.2) is 39.9 Å². The SMILES string of the molecule is C[Si](C)(C)O[Si](CCC(F)(F)F)(O[Si](C)(C)C)O[Si](C)(C)C. The van der Waals surface area contributed by atoms with Gasteiger partial charge < -0.3 is 12.3 Å². The van der Waals surface area contributed by atoms with Crippen molar-refractivity contribution in [3.8, 4) is 0 Å². The molecule has 0 aliphatic carbocycles.